The molecule has 0 unspecified atom stereocenters. The van der Waals surface area contributed by atoms with Crippen LogP contribution < -0.4 is 5.53 Å². The van der Waals surface area contributed by atoms with Gasteiger partial charge in [-0.2, -0.15) is 5.01 Å². The Morgan fingerprint density at radius 1 is 1.20 bits per heavy atom. The molecule has 0 aliphatic rings. The highest BCUT2D eigenvalue weighted by atomic mass is 16.3. The van der Waals surface area contributed by atoms with E-state index >= 15 is 0 Å². The fourth-order valence-corrected chi connectivity index (χ4v) is 0.874. The molecule has 10 heavy (non-hydrogen) atoms. The van der Waals surface area contributed by atoms with Crippen LogP contribution in [0.15, 0.2) is 5.29 Å². The van der Waals surface area contributed by atoms with Crippen LogP contribution in [0.25, 0.3) is 0 Å². The van der Waals surface area contributed by atoms with Gasteiger partial charge in [0.2, 0.25) is 0 Å². The Morgan fingerprint density at radius 2 is 1.60 bits per heavy atom. The molecule has 0 aromatic heterocycles. The van der Waals surface area contributed by atoms with E-state index in [9.17, 15) is 4.91 Å². The van der Waals surface area contributed by atoms with Gasteiger partial charge in [-0.25, -0.2) is 5.53 Å². The summed E-state index contributed by atoms with van der Waals surface area (Å²) in [6, 6.07) is 0.579. The molecule has 0 saturated carbocycles. The summed E-state index contributed by atoms with van der Waals surface area (Å²) < 4.78 is 0. The van der Waals surface area contributed by atoms with Gasteiger partial charge in [0.1, 0.15) is 0 Å². The van der Waals surface area contributed by atoms with Crippen molar-refractivity contribution in [3.05, 3.63) is 4.91 Å². The van der Waals surface area contributed by atoms with E-state index in [0.29, 0.717) is 0 Å². The van der Waals surface area contributed by atoms with E-state index in [-0.39, 0.29) is 12.1 Å². The van der Waals surface area contributed by atoms with Crippen molar-refractivity contribution in [2.75, 3.05) is 0 Å². The third-order valence-corrected chi connectivity index (χ3v) is 1.27. The minimum atomic E-state index is 0.290. The van der Waals surface area contributed by atoms with Crippen LogP contribution in [0.4, 0.5) is 0 Å². The van der Waals surface area contributed by atoms with Crippen molar-refractivity contribution in [2.24, 2.45) is 5.29 Å². The Hall–Kier alpha value is -0.640. The van der Waals surface area contributed by atoms with Gasteiger partial charge in [0.05, 0.1) is 5.29 Å². The second-order valence-electron chi connectivity index (χ2n) is 2.79. The minimum Gasteiger partial charge on any atom is -0.203 e. The van der Waals surface area contributed by atoms with Crippen molar-refractivity contribution >= 4 is 0 Å². The molecule has 0 rings (SSSR count). The molecule has 0 radical (unpaired) electrons. The van der Waals surface area contributed by atoms with Crippen LogP contribution in [0.5, 0.6) is 0 Å². The van der Waals surface area contributed by atoms with Crippen LogP contribution in [0.2, 0.25) is 0 Å². The van der Waals surface area contributed by atoms with Crippen LogP contribution in [-0.4, -0.2) is 17.1 Å². The highest BCUT2D eigenvalue weighted by molar-refractivity contribution is 4.60. The number of hydrogen-bond donors (Lipinski definition) is 1. The zero-order valence-electron chi connectivity index (χ0n) is 6.96. The molecule has 0 heterocycles. The van der Waals surface area contributed by atoms with Gasteiger partial charge in [-0.15, -0.1) is 4.91 Å². The molecule has 0 spiro atoms. The van der Waals surface area contributed by atoms with E-state index in [4.69, 9.17) is 0 Å². The predicted molar refractivity (Wildman–Crippen MR) is 41.0 cm³/mol. The van der Waals surface area contributed by atoms with Gasteiger partial charge in [0, 0.05) is 12.1 Å². The van der Waals surface area contributed by atoms with Crippen molar-refractivity contribution in [3.8, 4) is 0 Å². The smallest absolute Gasteiger partial charge is 0.0658 e. The van der Waals surface area contributed by atoms with Crippen molar-refractivity contribution in [1.82, 2.24) is 10.5 Å². The lowest BCUT2D eigenvalue weighted by molar-refractivity contribution is 0.104. The first-order valence-corrected chi connectivity index (χ1v) is 3.46. The van der Waals surface area contributed by atoms with E-state index in [1.807, 2.05) is 27.7 Å². The molecule has 0 fully saturated rings. The molecule has 60 valence electrons. The van der Waals surface area contributed by atoms with Crippen molar-refractivity contribution < 1.29 is 0 Å². The monoisotopic (exact) mass is 145 g/mol. The number of rotatable bonds is 4. The molecule has 0 aliphatic carbocycles. The molecule has 1 N–H and O–H groups in total. The topological polar surface area (TPSA) is 44.7 Å². The molecule has 0 bridgehead atoms. The predicted octanol–water partition coefficient (Wildman–Crippen LogP) is 1.29. The zero-order valence-corrected chi connectivity index (χ0v) is 6.96. The summed E-state index contributed by atoms with van der Waals surface area (Å²) in [5.41, 5.74) is 2.38. The summed E-state index contributed by atoms with van der Waals surface area (Å²) in [4.78, 5) is 9.82. The maximum absolute atomic E-state index is 9.82. The largest absolute Gasteiger partial charge is 0.203 e. The molecule has 4 nitrogen and oxygen atoms in total. The van der Waals surface area contributed by atoms with Crippen LogP contribution in [0.3, 0.4) is 0 Å². The Balaban J connectivity index is 3.84. The third-order valence-electron chi connectivity index (χ3n) is 1.27. The minimum absolute atomic E-state index is 0.290. The van der Waals surface area contributed by atoms with E-state index in [1.54, 1.807) is 5.01 Å². The second kappa shape index (κ2) is 4.22. The summed E-state index contributed by atoms with van der Waals surface area (Å²) >= 11 is 0. The molecular weight excluding hydrogens is 130 g/mol. The normalized spacial score (nSPS) is 11.1. The Bertz CT molecular complexity index is 95.2. The quantitative estimate of drug-likeness (QED) is 0.479. The lowest BCUT2D eigenvalue weighted by Crippen LogP contribution is -2.44. The van der Waals surface area contributed by atoms with Crippen LogP contribution in [0.1, 0.15) is 27.7 Å². The second-order valence-corrected chi connectivity index (χ2v) is 2.79. The van der Waals surface area contributed by atoms with E-state index in [1.165, 1.54) is 0 Å². The highest BCUT2D eigenvalue weighted by Gasteiger charge is 2.11. The average molecular weight is 145 g/mol. The molecule has 0 aromatic rings. The number of hydrogen-bond acceptors (Lipinski definition) is 3. The highest BCUT2D eigenvalue weighted by Crippen LogP contribution is 1.99. The maximum atomic E-state index is 9.82. The molecule has 0 amide bonds. The fourth-order valence-electron chi connectivity index (χ4n) is 0.874. The summed E-state index contributed by atoms with van der Waals surface area (Å²) in [5, 5.41) is 4.39. The number of hydrazine groups is 1. The number of nitrogens with zero attached hydrogens (tertiary/aromatic N) is 2. The van der Waals surface area contributed by atoms with Gasteiger partial charge >= 0.3 is 0 Å². The standard InChI is InChI=1S/C6H15N3O/c1-5(2)9(6(3)4)7-8-10/h5-6H,1-4H3,(H,7,10). The van der Waals surface area contributed by atoms with Crippen molar-refractivity contribution in [1.29, 1.82) is 0 Å². The van der Waals surface area contributed by atoms with Gasteiger partial charge in [-0.3, -0.25) is 0 Å². The SMILES string of the molecule is CC(C)N(NN=O)C(C)C. The third kappa shape index (κ3) is 2.77. The summed E-state index contributed by atoms with van der Waals surface area (Å²) in [7, 11) is 0. The Labute approximate surface area is 61.5 Å². The summed E-state index contributed by atoms with van der Waals surface area (Å²) in [6.07, 6.45) is 0. The van der Waals surface area contributed by atoms with Gasteiger partial charge in [-0.1, -0.05) is 0 Å². The lowest BCUT2D eigenvalue weighted by Gasteiger charge is -2.27. The van der Waals surface area contributed by atoms with Gasteiger partial charge in [0.25, 0.3) is 0 Å². The van der Waals surface area contributed by atoms with Crippen LogP contribution in [0, 0.1) is 4.91 Å². The molecular formula is C6H15N3O. The molecule has 0 aliphatic heterocycles. The van der Waals surface area contributed by atoms with Crippen LogP contribution in [-0.2, 0) is 0 Å². The van der Waals surface area contributed by atoms with E-state index < -0.39 is 0 Å². The Kier molecular flexibility index (Phi) is 3.95. The van der Waals surface area contributed by atoms with Crippen molar-refractivity contribution in [2.45, 2.75) is 39.8 Å². The molecule has 0 saturated heterocycles. The number of nitrogens with one attached hydrogen (secondary N) is 1. The molecule has 0 aromatic carbocycles. The van der Waals surface area contributed by atoms with Gasteiger partial charge in [-0.05, 0) is 27.7 Å². The van der Waals surface area contributed by atoms with Gasteiger partial charge < -0.3 is 0 Å². The van der Waals surface area contributed by atoms with Crippen molar-refractivity contribution in [3.63, 3.8) is 0 Å². The first kappa shape index (κ1) is 9.36. The maximum Gasteiger partial charge on any atom is 0.0658 e. The number of nitroso groups, excluding NO2 is 1. The average Bonchev–Trinajstić information content (AvgIpc) is 1.81. The summed E-state index contributed by atoms with van der Waals surface area (Å²) in [5.74, 6) is 0. The van der Waals surface area contributed by atoms with E-state index in [0.717, 1.165) is 0 Å². The zero-order chi connectivity index (χ0) is 8.15. The van der Waals surface area contributed by atoms with Gasteiger partial charge in [0.15, 0.2) is 0 Å². The van der Waals surface area contributed by atoms with Crippen LogP contribution >= 0.6 is 0 Å². The molecule has 0 atom stereocenters. The Morgan fingerprint density at radius 3 is 1.70 bits per heavy atom. The fraction of sp³-hybridized carbons (Fsp3) is 1.00. The first-order valence-electron chi connectivity index (χ1n) is 3.46. The lowest BCUT2D eigenvalue weighted by atomic mass is 10.3. The molecule has 4 heteroatoms. The van der Waals surface area contributed by atoms with E-state index in [2.05, 4.69) is 10.8 Å². The summed E-state index contributed by atoms with van der Waals surface area (Å²) in [6.45, 7) is 7.99. The first-order chi connectivity index (χ1) is 4.59.